The maximum Gasteiger partial charge on any atom is 0.0798 e. The highest BCUT2D eigenvalue weighted by atomic mass is 32.1. The van der Waals surface area contributed by atoms with Crippen LogP contribution in [0.1, 0.15) is 15.4 Å². The van der Waals surface area contributed by atoms with Gasteiger partial charge >= 0.3 is 0 Å². The van der Waals surface area contributed by atoms with Gasteiger partial charge in [0.25, 0.3) is 0 Å². The van der Waals surface area contributed by atoms with Gasteiger partial charge in [0.1, 0.15) is 0 Å². The molecule has 102 valence electrons. The number of benzene rings is 1. The highest BCUT2D eigenvalue weighted by molar-refractivity contribution is 7.10. The Hall–Kier alpha value is -1.49. The van der Waals surface area contributed by atoms with Crippen molar-refractivity contribution in [3.05, 3.63) is 62.7 Å². The van der Waals surface area contributed by atoms with Gasteiger partial charge in [0.2, 0.25) is 0 Å². The van der Waals surface area contributed by atoms with Crippen molar-refractivity contribution in [1.29, 1.82) is 0 Å². The number of aryl methyl sites for hydroxylation is 1. The molecule has 0 unspecified atom stereocenters. The lowest BCUT2D eigenvalue weighted by atomic mass is 10.1. The number of hydrogen-bond donors (Lipinski definition) is 1. The molecular formula is C16H16N2S2. The maximum absolute atomic E-state index is 4.27. The zero-order chi connectivity index (χ0) is 13.8. The lowest BCUT2D eigenvalue weighted by Gasteiger charge is -2.01. The molecule has 4 heteroatoms. The van der Waals surface area contributed by atoms with Gasteiger partial charge in [0.05, 0.1) is 11.2 Å². The molecule has 0 bridgehead atoms. The van der Waals surface area contributed by atoms with Crippen molar-refractivity contribution >= 4 is 22.7 Å². The minimum atomic E-state index is 0.898. The van der Waals surface area contributed by atoms with E-state index in [0.29, 0.717) is 0 Å². The summed E-state index contributed by atoms with van der Waals surface area (Å²) in [6.45, 7) is 3.87. The van der Waals surface area contributed by atoms with Gasteiger partial charge in [-0.15, -0.1) is 22.7 Å². The Morgan fingerprint density at radius 1 is 1.05 bits per heavy atom. The molecule has 0 aliphatic heterocycles. The fraction of sp³-hybridized carbons (Fsp3) is 0.188. The van der Waals surface area contributed by atoms with Crippen LogP contribution in [-0.4, -0.2) is 4.98 Å². The first-order valence-electron chi connectivity index (χ1n) is 6.55. The number of thiophene rings is 1. The summed E-state index contributed by atoms with van der Waals surface area (Å²) in [6, 6.07) is 12.8. The predicted octanol–water partition coefficient (Wildman–Crippen LogP) is 4.47. The summed E-state index contributed by atoms with van der Waals surface area (Å²) in [5.74, 6) is 0. The smallest absolute Gasteiger partial charge is 0.0798 e. The number of nitrogens with one attached hydrogen (secondary N) is 1. The van der Waals surface area contributed by atoms with E-state index < -0.39 is 0 Å². The molecule has 0 radical (unpaired) electrons. The Kier molecular flexibility index (Phi) is 4.25. The van der Waals surface area contributed by atoms with Crippen LogP contribution in [0.4, 0.5) is 0 Å². The van der Waals surface area contributed by atoms with E-state index in [9.17, 15) is 0 Å². The molecule has 3 rings (SSSR count). The Labute approximate surface area is 127 Å². The quantitative estimate of drug-likeness (QED) is 0.752. The zero-order valence-electron chi connectivity index (χ0n) is 11.3. The molecule has 0 saturated carbocycles. The van der Waals surface area contributed by atoms with Crippen molar-refractivity contribution in [3.8, 4) is 11.1 Å². The highest BCUT2D eigenvalue weighted by Crippen LogP contribution is 2.25. The predicted molar refractivity (Wildman–Crippen MR) is 87.1 cm³/mol. The van der Waals surface area contributed by atoms with E-state index in [1.165, 1.54) is 20.9 Å². The van der Waals surface area contributed by atoms with E-state index >= 15 is 0 Å². The lowest BCUT2D eigenvalue weighted by Crippen LogP contribution is -2.11. The van der Waals surface area contributed by atoms with Gasteiger partial charge in [-0.25, -0.2) is 4.98 Å². The first kappa shape index (κ1) is 13.5. The normalized spacial score (nSPS) is 10.8. The second kappa shape index (κ2) is 6.31. The van der Waals surface area contributed by atoms with Crippen molar-refractivity contribution in [2.45, 2.75) is 20.0 Å². The average Bonchev–Trinajstić information content (AvgIpc) is 3.10. The van der Waals surface area contributed by atoms with Gasteiger partial charge < -0.3 is 5.32 Å². The SMILES string of the molecule is Cc1ncsc1CNCc1cc(-c2ccccc2)cs1. The molecule has 0 aliphatic rings. The zero-order valence-corrected chi connectivity index (χ0v) is 12.9. The van der Waals surface area contributed by atoms with Gasteiger partial charge in [-0.05, 0) is 29.5 Å². The summed E-state index contributed by atoms with van der Waals surface area (Å²) < 4.78 is 0. The molecule has 0 aliphatic carbocycles. The molecule has 1 aromatic carbocycles. The molecule has 0 saturated heterocycles. The minimum absolute atomic E-state index is 0.898. The number of thiazole rings is 1. The molecule has 0 fully saturated rings. The standard InChI is InChI=1S/C16H16N2S2/c1-12-16(20-11-18-12)9-17-8-15-7-14(10-19-15)13-5-3-2-4-6-13/h2-7,10-11,17H,8-9H2,1H3. The molecule has 3 aromatic rings. The highest BCUT2D eigenvalue weighted by Gasteiger charge is 2.04. The minimum Gasteiger partial charge on any atom is -0.307 e. The number of rotatable bonds is 5. The Balaban J connectivity index is 1.59. The molecule has 0 atom stereocenters. The van der Waals surface area contributed by atoms with Crippen LogP contribution in [0.25, 0.3) is 11.1 Å². The van der Waals surface area contributed by atoms with Gasteiger partial charge in [-0.2, -0.15) is 0 Å². The Morgan fingerprint density at radius 3 is 2.65 bits per heavy atom. The molecule has 0 spiro atoms. The third kappa shape index (κ3) is 3.15. The van der Waals surface area contributed by atoms with Crippen molar-refractivity contribution in [2.24, 2.45) is 0 Å². The van der Waals surface area contributed by atoms with Crippen LogP contribution in [0.5, 0.6) is 0 Å². The van der Waals surface area contributed by atoms with Crippen LogP contribution in [0.3, 0.4) is 0 Å². The van der Waals surface area contributed by atoms with Crippen molar-refractivity contribution < 1.29 is 0 Å². The second-order valence-electron chi connectivity index (χ2n) is 4.63. The van der Waals surface area contributed by atoms with Gasteiger partial charge in [-0.1, -0.05) is 30.3 Å². The second-order valence-corrected chi connectivity index (χ2v) is 6.57. The van der Waals surface area contributed by atoms with E-state index in [-0.39, 0.29) is 0 Å². The number of nitrogens with zero attached hydrogens (tertiary/aromatic N) is 1. The van der Waals surface area contributed by atoms with Gasteiger partial charge in [0, 0.05) is 22.8 Å². The van der Waals surface area contributed by atoms with Gasteiger partial charge in [0.15, 0.2) is 0 Å². The topological polar surface area (TPSA) is 24.9 Å². The molecule has 1 N–H and O–H groups in total. The van der Waals surface area contributed by atoms with Crippen LogP contribution in [-0.2, 0) is 13.1 Å². The first-order valence-corrected chi connectivity index (χ1v) is 8.31. The average molecular weight is 300 g/mol. The van der Waals surface area contributed by atoms with Crippen LogP contribution >= 0.6 is 22.7 Å². The fourth-order valence-corrected chi connectivity index (χ4v) is 3.66. The van der Waals surface area contributed by atoms with Crippen molar-refractivity contribution in [3.63, 3.8) is 0 Å². The molecule has 20 heavy (non-hydrogen) atoms. The molecule has 0 amide bonds. The van der Waals surface area contributed by atoms with E-state index in [4.69, 9.17) is 0 Å². The van der Waals surface area contributed by atoms with E-state index in [1.807, 2.05) is 16.8 Å². The molecular weight excluding hydrogens is 284 g/mol. The maximum atomic E-state index is 4.27. The Bertz CT molecular complexity index is 671. The van der Waals surface area contributed by atoms with Gasteiger partial charge in [-0.3, -0.25) is 0 Å². The van der Waals surface area contributed by atoms with E-state index in [2.05, 4.69) is 59.0 Å². The lowest BCUT2D eigenvalue weighted by molar-refractivity contribution is 0.705. The summed E-state index contributed by atoms with van der Waals surface area (Å²) in [7, 11) is 0. The third-order valence-corrected chi connectivity index (χ3v) is 5.06. The van der Waals surface area contributed by atoms with E-state index in [0.717, 1.165) is 18.8 Å². The van der Waals surface area contributed by atoms with Crippen LogP contribution in [0.15, 0.2) is 47.3 Å². The summed E-state index contributed by atoms with van der Waals surface area (Å²) in [4.78, 5) is 6.96. The Morgan fingerprint density at radius 2 is 1.90 bits per heavy atom. The molecule has 2 nitrogen and oxygen atoms in total. The summed E-state index contributed by atoms with van der Waals surface area (Å²) in [5, 5.41) is 5.72. The third-order valence-electron chi connectivity index (χ3n) is 3.19. The van der Waals surface area contributed by atoms with Crippen LogP contribution < -0.4 is 5.32 Å². The number of hydrogen-bond acceptors (Lipinski definition) is 4. The molecule has 2 heterocycles. The number of aromatic nitrogens is 1. The first-order chi connectivity index (χ1) is 9.83. The van der Waals surface area contributed by atoms with Crippen LogP contribution in [0, 0.1) is 6.92 Å². The van der Waals surface area contributed by atoms with Crippen molar-refractivity contribution in [1.82, 2.24) is 10.3 Å². The van der Waals surface area contributed by atoms with E-state index in [1.54, 1.807) is 11.3 Å². The van der Waals surface area contributed by atoms with Crippen molar-refractivity contribution in [2.75, 3.05) is 0 Å². The van der Waals surface area contributed by atoms with Crippen LogP contribution in [0.2, 0.25) is 0 Å². The monoisotopic (exact) mass is 300 g/mol. The summed E-state index contributed by atoms with van der Waals surface area (Å²) >= 11 is 3.53. The fourth-order valence-electron chi connectivity index (χ4n) is 2.05. The summed E-state index contributed by atoms with van der Waals surface area (Å²) in [6.07, 6.45) is 0. The largest absolute Gasteiger partial charge is 0.307 e. The molecule has 2 aromatic heterocycles. The summed E-state index contributed by atoms with van der Waals surface area (Å²) in [5.41, 5.74) is 5.64.